The molecule has 1 fully saturated rings. The highest BCUT2D eigenvalue weighted by Gasteiger charge is 2.51. The Morgan fingerprint density at radius 2 is 2.00 bits per heavy atom. The SMILES string of the molecule is CCOC(=O)CN1C(=O)C2Cc3c([nH]c4ccc(Br)cc34)C(c3ccc(OC)cc3)N2C1=S. The van der Waals surface area contributed by atoms with Gasteiger partial charge in [0.1, 0.15) is 18.3 Å². The Hall–Kier alpha value is -2.91. The number of fused-ring (bicyclic) bond motifs is 4. The van der Waals surface area contributed by atoms with Gasteiger partial charge in [-0.2, -0.15) is 0 Å². The number of amides is 1. The van der Waals surface area contributed by atoms with Gasteiger partial charge in [0, 0.05) is 27.5 Å². The average molecular weight is 528 g/mol. The van der Waals surface area contributed by atoms with Crippen molar-refractivity contribution in [2.75, 3.05) is 20.3 Å². The van der Waals surface area contributed by atoms with Crippen LogP contribution in [-0.4, -0.2) is 58.1 Å². The van der Waals surface area contributed by atoms with Crippen LogP contribution in [-0.2, 0) is 20.7 Å². The van der Waals surface area contributed by atoms with Gasteiger partial charge in [0.2, 0.25) is 0 Å². The zero-order valence-corrected chi connectivity index (χ0v) is 20.5. The molecule has 0 aliphatic carbocycles. The van der Waals surface area contributed by atoms with Crippen molar-refractivity contribution in [2.45, 2.75) is 25.4 Å². The topological polar surface area (TPSA) is 74.9 Å². The maximum Gasteiger partial charge on any atom is 0.326 e. The quantitative estimate of drug-likeness (QED) is 0.400. The Balaban J connectivity index is 1.64. The van der Waals surface area contributed by atoms with Gasteiger partial charge in [-0.15, -0.1) is 0 Å². The molecule has 2 atom stereocenters. The number of benzene rings is 2. The van der Waals surface area contributed by atoms with Crippen LogP contribution in [0, 0.1) is 0 Å². The summed E-state index contributed by atoms with van der Waals surface area (Å²) in [4.78, 5) is 32.5. The summed E-state index contributed by atoms with van der Waals surface area (Å²) < 4.78 is 11.4. The van der Waals surface area contributed by atoms with E-state index in [0.29, 0.717) is 11.5 Å². The normalized spacial score (nSPS) is 19.6. The van der Waals surface area contributed by atoms with Crippen molar-refractivity contribution in [3.05, 3.63) is 63.8 Å². The molecule has 0 saturated carbocycles. The van der Waals surface area contributed by atoms with Crippen molar-refractivity contribution >= 4 is 56.0 Å². The molecule has 2 aromatic carbocycles. The number of halogens is 1. The fourth-order valence-corrected chi connectivity index (χ4v) is 5.51. The molecule has 2 aliphatic rings. The van der Waals surface area contributed by atoms with E-state index in [-0.39, 0.29) is 25.1 Å². The zero-order valence-electron chi connectivity index (χ0n) is 18.1. The molecule has 1 aromatic heterocycles. The van der Waals surface area contributed by atoms with Crippen LogP contribution in [0.3, 0.4) is 0 Å². The number of rotatable bonds is 5. The zero-order chi connectivity index (χ0) is 23.3. The van der Waals surface area contributed by atoms with Crippen LogP contribution in [0.4, 0.5) is 0 Å². The van der Waals surface area contributed by atoms with Crippen LogP contribution in [0.25, 0.3) is 10.9 Å². The van der Waals surface area contributed by atoms with Gasteiger partial charge in [0.15, 0.2) is 5.11 Å². The van der Waals surface area contributed by atoms with Crippen molar-refractivity contribution in [3.63, 3.8) is 0 Å². The number of carbonyl (C=O) groups is 2. The van der Waals surface area contributed by atoms with E-state index in [2.05, 4.69) is 27.0 Å². The van der Waals surface area contributed by atoms with E-state index in [1.54, 1.807) is 14.0 Å². The molecule has 33 heavy (non-hydrogen) atoms. The number of H-pyrrole nitrogens is 1. The van der Waals surface area contributed by atoms with Gasteiger partial charge >= 0.3 is 5.97 Å². The van der Waals surface area contributed by atoms with E-state index in [1.807, 2.05) is 41.3 Å². The monoisotopic (exact) mass is 527 g/mol. The lowest BCUT2D eigenvalue weighted by molar-refractivity contribution is -0.146. The van der Waals surface area contributed by atoms with Crippen LogP contribution in [0.15, 0.2) is 46.9 Å². The lowest BCUT2D eigenvalue weighted by Crippen LogP contribution is -2.44. The third-order valence-corrected chi connectivity index (χ3v) is 7.14. The molecule has 3 aromatic rings. The van der Waals surface area contributed by atoms with Gasteiger partial charge in [0.25, 0.3) is 5.91 Å². The molecule has 1 saturated heterocycles. The minimum atomic E-state index is -0.496. The molecule has 1 N–H and O–H groups in total. The number of hydrogen-bond acceptors (Lipinski definition) is 5. The van der Waals surface area contributed by atoms with Crippen LogP contribution in [0.2, 0.25) is 0 Å². The highest BCUT2D eigenvalue weighted by Crippen LogP contribution is 2.44. The molecule has 1 amide bonds. The second-order valence-electron chi connectivity index (χ2n) is 8.02. The first-order valence-electron chi connectivity index (χ1n) is 10.7. The number of aromatic amines is 1. The first kappa shape index (κ1) is 21.9. The predicted octanol–water partition coefficient (Wildman–Crippen LogP) is 3.95. The standard InChI is InChI=1S/C24H22BrN3O4S/c1-3-32-20(29)12-27-23(30)19-11-17-16-10-14(25)6-9-18(16)26-21(17)22(28(19)24(27)33)13-4-7-15(31-2)8-5-13/h4-10,19,22,26H,3,11-12H2,1-2H3. The average Bonchev–Trinajstić information content (AvgIpc) is 3.28. The van der Waals surface area contributed by atoms with Gasteiger partial charge in [-0.3, -0.25) is 14.5 Å². The van der Waals surface area contributed by atoms with Crippen molar-refractivity contribution in [2.24, 2.45) is 0 Å². The molecule has 170 valence electrons. The molecule has 0 radical (unpaired) electrons. The summed E-state index contributed by atoms with van der Waals surface area (Å²) >= 11 is 9.32. The smallest absolute Gasteiger partial charge is 0.326 e. The Morgan fingerprint density at radius 3 is 2.70 bits per heavy atom. The molecule has 2 aliphatic heterocycles. The fraction of sp³-hybridized carbons (Fsp3) is 0.292. The van der Waals surface area contributed by atoms with Crippen LogP contribution < -0.4 is 4.74 Å². The van der Waals surface area contributed by atoms with Crippen LogP contribution in [0.5, 0.6) is 5.75 Å². The highest BCUT2D eigenvalue weighted by molar-refractivity contribution is 9.10. The van der Waals surface area contributed by atoms with Crippen LogP contribution >= 0.6 is 28.1 Å². The number of ether oxygens (including phenoxy) is 2. The minimum absolute atomic E-state index is 0.179. The van der Waals surface area contributed by atoms with Gasteiger partial charge in [-0.25, -0.2) is 0 Å². The Labute approximate surface area is 204 Å². The number of nitrogens with one attached hydrogen (secondary N) is 1. The molecular formula is C24H22BrN3O4S. The molecule has 2 unspecified atom stereocenters. The summed E-state index contributed by atoms with van der Waals surface area (Å²) in [5, 5.41) is 1.41. The van der Waals surface area contributed by atoms with E-state index in [4.69, 9.17) is 21.7 Å². The number of esters is 1. The molecule has 0 bridgehead atoms. The first-order chi connectivity index (χ1) is 15.9. The molecular weight excluding hydrogens is 506 g/mol. The van der Waals surface area contributed by atoms with E-state index in [9.17, 15) is 9.59 Å². The number of nitrogens with zero attached hydrogens (tertiary/aromatic N) is 2. The maximum absolute atomic E-state index is 13.5. The number of hydrogen-bond donors (Lipinski definition) is 1. The summed E-state index contributed by atoms with van der Waals surface area (Å²) in [7, 11) is 1.63. The number of aromatic nitrogens is 1. The van der Waals surface area contributed by atoms with E-state index in [1.165, 1.54) is 4.90 Å². The Morgan fingerprint density at radius 1 is 1.24 bits per heavy atom. The second-order valence-corrected chi connectivity index (χ2v) is 9.30. The summed E-state index contributed by atoms with van der Waals surface area (Å²) in [6.45, 7) is 1.80. The predicted molar refractivity (Wildman–Crippen MR) is 131 cm³/mol. The van der Waals surface area contributed by atoms with E-state index < -0.39 is 12.0 Å². The van der Waals surface area contributed by atoms with Crippen molar-refractivity contribution in [1.82, 2.24) is 14.8 Å². The summed E-state index contributed by atoms with van der Waals surface area (Å²) in [6, 6.07) is 13.1. The number of carbonyl (C=O) groups excluding carboxylic acids is 2. The van der Waals surface area contributed by atoms with Gasteiger partial charge in [-0.05, 0) is 60.6 Å². The fourth-order valence-electron chi connectivity index (χ4n) is 4.76. The summed E-state index contributed by atoms with van der Waals surface area (Å²) in [6.07, 6.45) is 0.497. The largest absolute Gasteiger partial charge is 0.497 e. The van der Waals surface area contributed by atoms with Gasteiger partial charge in [0.05, 0.1) is 19.8 Å². The molecule has 5 rings (SSSR count). The van der Waals surface area contributed by atoms with Crippen molar-refractivity contribution in [3.8, 4) is 5.75 Å². The number of methoxy groups -OCH3 is 1. The van der Waals surface area contributed by atoms with Crippen molar-refractivity contribution < 1.29 is 19.1 Å². The van der Waals surface area contributed by atoms with Gasteiger partial charge < -0.3 is 19.4 Å². The lowest BCUT2D eigenvalue weighted by atomic mass is 9.89. The van der Waals surface area contributed by atoms with E-state index >= 15 is 0 Å². The lowest BCUT2D eigenvalue weighted by Gasteiger charge is -2.37. The molecule has 7 nitrogen and oxygen atoms in total. The Kier molecular flexibility index (Phi) is 5.62. The molecule has 3 heterocycles. The maximum atomic E-state index is 13.5. The highest BCUT2D eigenvalue weighted by atomic mass is 79.9. The van der Waals surface area contributed by atoms with Crippen LogP contribution in [0.1, 0.15) is 29.8 Å². The second kappa shape index (κ2) is 8.46. The van der Waals surface area contributed by atoms with Crippen molar-refractivity contribution in [1.29, 1.82) is 0 Å². The third-order valence-electron chi connectivity index (χ3n) is 6.21. The third kappa shape index (κ3) is 3.59. The Bertz CT molecular complexity index is 1270. The summed E-state index contributed by atoms with van der Waals surface area (Å²) in [5.41, 5.74) is 4.06. The first-order valence-corrected chi connectivity index (χ1v) is 11.9. The number of thiocarbonyl (C=S) groups is 1. The minimum Gasteiger partial charge on any atom is -0.497 e. The molecule has 9 heteroatoms. The summed E-state index contributed by atoms with van der Waals surface area (Å²) in [5.74, 6) is 0.0967. The van der Waals surface area contributed by atoms with Gasteiger partial charge in [-0.1, -0.05) is 28.1 Å². The molecule has 0 spiro atoms. The van der Waals surface area contributed by atoms with E-state index in [0.717, 1.165) is 37.9 Å².